The van der Waals surface area contributed by atoms with Gasteiger partial charge >= 0.3 is 0 Å². The lowest BCUT2D eigenvalue weighted by Gasteiger charge is -2.06. The summed E-state index contributed by atoms with van der Waals surface area (Å²) in [6.45, 7) is 2.26. The van der Waals surface area contributed by atoms with Gasteiger partial charge in [-0.05, 0) is 53.8 Å². The Hall–Kier alpha value is -0.990. The van der Waals surface area contributed by atoms with Crippen molar-refractivity contribution >= 4 is 38.2 Å². The molecule has 5 nitrogen and oxygen atoms in total. The minimum atomic E-state index is -1.24. The summed E-state index contributed by atoms with van der Waals surface area (Å²) >= 11 is 1.88. The van der Waals surface area contributed by atoms with Crippen LogP contribution in [0.4, 0.5) is 4.39 Å². The summed E-state index contributed by atoms with van der Waals surface area (Å²) in [4.78, 5) is 0. The molecule has 1 atom stereocenters. The fraction of sp³-hybridized carbons (Fsp3) is 0.583. The fourth-order valence-corrected chi connectivity index (χ4v) is 1.64. The first-order valence-electron chi connectivity index (χ1n) is 6.16. The van der Waals surface area contributed by atoms with Crippen LogP contribution in [-0.4, -0.2) is 28.5 Å². The number of alkyl halides is 1. The van der Waals surface area contributed by atoms with E-state index in [0.717, 1.165) is 12.5 Å². The molecule has 4 N–H and O–H groups in total. The monoisotopic (exact) mass is 379 g/mol. The van der Waals surface area contributed by atoms with Gasteiger partial charge in [0, 0.05) is 25.4 Å². The average Bonchev–Trinajstić information content (AvgIpc) is 3.18. The Morgan fingerprint density at radius 2 is 2.26 bits per heavy atom. The first-order valence-corrected chi connectivity index (χ1v) is 7.24. The fourth-order valence-electron chi connectivity index (χ4n) is 1.31. The molecule has 19 heavy (non-hydrogen) atoms. The molecule has 0 spiro atoms. The smallest absolute Gasteiger partial charge is 0.181 e. The van der Waals surface area contributed by atoms with Gasteiger partial charge in [-0.3, -0.25) is 5.43 Å². The maximum absolute atomic E-state index is 12.6. The third-order valence-corrected chi connectivity index (χ3v) is 3.44. The molecular weight excluding hydrogens is 360 g/mol. The number of hydrazone groups is 1. The van der Waals surface area contributed by atoms with Crippen molar-refractivity contribution in [3.63, 3.8) is 0 Å². The van der Waals surface area contributed by atoms with E-state index in [4.69, 9.17) is 10.8 Å². The van der Waals surface area contributed by atoms with Crippen molar-refractivity contribution in [2.45, 2.75) is 32.5 Å². The standard InChI is InChI=1S/C12H19FIN5/c1-8(13)18-19-12(14)11(16)4-10(5-15)7-17-6-9-2-3-9/h5,7-9,15-18H,2-4,6H2,1H3/b10-7-,15-5?,16-11?,19-12+. The number of hydrogen-bond donors (Lipinski definition) is 4. The summed E-state index contributed by atoms with van der Waals surface area (Å²) in [6.07, 6.45) is 4.61. The summed E-state index contributed by atoms with van der Waals surface area (Å²) in [7, 11) is 0. The minimum Gasteiger partial charge on any atom is -0.390 e. The molecule has 7 heteroatoms. The van der Waals surface area contributed by atoms with E-state index < -0.39 is 6.30 Å². The Morgan fingerprint density at radius 3 is 2.79 bits per heavy atom. The highest BCUT2D eigenvalue weighted by atomic mass is 127. The SMILES string of the molecule is CC(F)N/N=C(/I)C(=N)C/C(C=N)=C/NCC1CC1. The van der Waals surface area contributed by atoms with Crippen LogP contribution < -0.4 is 10.7 Å². The van der Waals surface area contributed by atoms with Crippen LogP contribution in [0.2, 0.25) is 0 Å². The summed E-state index contributed by atoms with van der Waals surface area (Å²) < 4.78 is 13.0. The van der Waals surface area contributed by atoms with Crippen LogP contribution >= 0.6 is 22.6 Å². The van der Waals surface area contributed by atoms with Crippen molar-refractivity contribution in [1.82, 2.24) is 10.7 Å². The third kappa shape index (κ3) is 7.24. The predicted octanol–water partition coefficient (Wildman–Crippen LogP) is 2.58. The predicted molar refractivity (Wildman–Crippen MR) is 85.1 cm³/mol. The van der Waals surface area contributed by atoms with Crippen LogP contribution in [0.25, 0.3) is 0 Å². The van der Waals surface area contributed by atoms with Gasteiger partial charge in [-0.2, -0.15) is 5.10 Å². The molecule has 0 amide bonds. The van der Waals surface area contributed by atoms with Crippen molar-refractivity contribution in [2.24, 2.45) is 11.0 Å². The van der Waals surface area contributed by atoms with E-state index in [2.05, 4.69) is 15.8 Å². The molecule has 0 bridgehead atoms. The summed E-state index contributed by atoms with van der Waals surface area (Å²) in [5.74, 6) is 0.764. The van der Waals surface area contributed by atoms with Gasteiger partial charge < -0.3 is 16.1 Å². The highest BCUT2D eigenvalue weighted by Gasteiger charge is 2.19. The van der Waals surface area contributed by atoms with Gasteiger partial charge in [0.05, 0.1) is 5.71 Å². The lowest BCUT2D eigenvalue weighted by atomic mass is 10.1. The molecule has 1 fully saturated rings. The zero-order valence-electron chi connectivity index (χ0n) is 10.8. The second-order valence-corrected chi connectivity index (χ2v) is 5.54. The minimum absolute atomic E-state index is 0.261. The van der Waals surface area contributed by atoms with Crippen molar-refractivity contribution in [2.75, 3.05) is 6.54 Å². The molecule has 1 saturated carbocycles. The van der Waals surface area contributed by atoms with E-state index in [0.29, 0.717) is 15.7 Å². The van der Waals surface area contributed by atoms with Crippen LogP contribution in [0.15, 0.2) is 16.9 Å². The molecule has 0 aromatic heterocycles. The average molecular weight is 379 g/mol. The normalized spacial score (nSPS) is 17.8. The lowest BCUT2D eigenvalue weighted by molar-refractivity contribution is 0.305. The number of hydrogen-bond acceptors (Lipinski definition) is 5. The van der Waals surface area contributed by atoms with Gasteiger partial charge in [-0.25, -0.2) is 4.39 Å². The van der Waals surface area contributed by atoms with E-state index in [-0.39, 0.29) is 5.71 Å². The summed E-state index contributed by atoms with van der Waals surface area (Å²) in [5.41, 5.74) is 3.24. The lowest BCUT2D eigenvalue weighted by Crippen LogP contribution is -2.19. The van der Waals surface area contributed by atoms with Crippen molar-refractivity contribution in [3.05, 3.63) is 11.8 Å². The Morgan fingerprint density at radius 1 is 1.58 bits per heavy atom. The molecule has 1 unspecified atom stereocenters. The molecule has 0 radical (unpaired) electrons. The third-order valence-electron chi connectivity index (χ3n) is 2.55. The first kappa shape index (κ1) is 16.1. The number of rotatable bonds is 9. The van der Waals surface area contributed by atoms with E-state index in [1.807, 2.05) is 22.6 Å². The quantitative estimate of drug-likeness (QED) is 0.215. The number of nitrogens with zero attached hydrogens (tertiary/aromatic N) is 1. The zero-order valence-corrected chi connectivity index (χ0v) is 13.0. The largest absolute Gasteiger partial charge is 0.390 e. The van der Waals surface area contributed by atoms with Gasteiger partial charge in [-0.1, -0.05) is 0 Å². The van der Waals surface area contributed by atoms with Gasteiger partial charge in [0.1, 0.15) is 3.72 Å². The van der Waals surface area contributed by atoms with Crippen LogP contribution in [0.5, 0.6) is 0 Å². The molecule has 1 rings (SSSR count). The van der Waals surface area contributed by atoms with Gasteiger partial charge in [0.25, 0.3) is 0 Å². The maximum Gasteiger partial charge on any atom is 0.181 e. The summed E-state index contributed by atoms with van der Waals surface area (Å²) in [6, 6.07) is 0. The van der Waals surface area contributed by atoms with Crippen LogP contribution in [0.1, 0.15) is 26.2 Å². The molecule has 0 aromatic rings. The Bertz CT molecular complexity index is 388. The highest BCUT2D eigenvalue weighted by Crippen LogP contribution is 2.27. The zero-order chi connectivity index (χ0) is 14.3. The Labute approximate surface area is 126 Å². The second kappa shape index (κ2) is 8.23. The number of halogens is 2. The number of allylic oxidation sites excluding steroid dienone is 1. The Balaban J connectivity index is 2.41. The molecule has 106 valence electrons. The van der Waals surface area contributed by atoms with E-state index in [9.17, 15) is 4.39 Å². The first-order chi connectivity index (χ1) is 9.02. The van der Waals surface area contributed by atoms with Crippen molar-refractivity contribution < 1.29 is 4.39 Å². The van der Waals surface area contributed by atoms with Crippen LogP contribution in [0, 0.1) is 16.7 Å². The Kier molecular flexibility index (Phi) is 6.96. The van der Waals surface area contributed by atoms with Gasteiger partial charge in [-0.15, -0.1) is 0 Å². The molecule has 0 heterocycles. The van der Waals surface area contributed by atoms with Crippen LogP contribution in [-0.2, 0) is 0 Å². The van der Waals surface area contributed by atoms with Gasteiger partial charge in [0.2, 0.25) is 0 Å². The topological polar surface area (TPSA) is 84.1 Å². The van der Waals surface area contributed by atoms with Gasteiger partial charge in [0.15, 0.2) is 6.30 Å². The molecule has 0 saturated heterocycles. The highest BCUT2D eigenvalue weighted by molar-refractivity contribution is 14.1. The van der Waals surface area contributed by atoms with E-state index >= 15 is 0 Å². The molecule has 0 aromatic carbocycles. The number of nitrogens with one attached hydrogen (secondary N) is 4. The molecule has 0 aliphatic heterocycles. The second-order valence-electron chi connectivity index (χ2n) is 4.52. The van der Waals surface area contributed by atoms with Crippen molar-refractivity contribution in [1.29, 1.82) is 10.8 Å². The molecule has 1 aliphatic carbocycles. The van der Waals surface area contributed by atoms with E-state index in [1.54, 1.807) is 6.20 Å². The summed E-state index contributed by atoms with van der Waals surface area (Å²) in [5, 5.41) is 22.1. The maximum atomic E-state index is 12.6. The van der Waals surface area contributed by atoms with Crippen molar-refractivity contribution in [3.8, 4) is 0 Å². The molecular formula is C12H19FIN5. The molecule has 1 aliphatic rings. The van der Waals surface area contributed by atoms with E-state index in [1.165, 1.54) is 26.0 Å². The van der Waals surface area contributed by atoms with Crippen LogP contribution in [0.3, 0.4) is 0 Å².